The van der Waals surface area contributed by atoms with Gasteiger partial charge in [0.2, 0.25) is 5.91 Å². The molecule has 0 bridgehead atoms. The van der Waals surface area contributed by atoms with Crippen LogP contribution in [-0.4, -0.2) is 58.7 Å². The van der Waals surface area contributed by atoms with Crippen molar-refractivity contribution in [1.29, 1.82) is 0 Å². The first kappa shape index (κ1) is 14.8. The van der Waals surface area contributed by atoms with E-state index >= 15 is 0 Å². The molecule has 4 rings (SSSR count). The number of ether oxygens (including phenoxy) is 1. The van der Waals surface area contributed by atoms with Gasteiger partial charge in [0, 0.05) is 20.0 Å². The van der Waals surface area contributed by atoms with E-state index in [1.54, 1.807) is 36.2 Å². The number of nitrogens with zero attached hydrogens (tertiary/aromatic N) is 3. The fourth-order valence-electron chi connectivity index (χ4n) is 3.46. The number of carbonyl (C=O) groups excluding carboxylic acids is 2. The molecular formula is C16H17N3O5. The minimum absolute atomic E-state index is 0.0876. The molecule has 8 heteroatoms. The number of fused-ring (bicyclic) bond motifs is 1. The van der Waals surface area contributed by atoms with E-state index in [1.165, 1.54) is 9.47 Å². The molecule has 1 aromatic carbocycles. The van der Waals surface area contributed by atoms with Gasteiger partial charge in [-0.05, 0) is 12.1 Å². The van der Waals surface area contributed by atoms with Gasteiger partial charge in [0.1, 0.15) is 6.54 Å². The van der Waals surface area contributed by atoms with E-state index in [2.05, 4.69) is 0 Å². The molecular weight excluding hydrogens is 314 g/mol. The highest BCUT2D eigenvalue weighted by Gasteiger charge is 2.49. The molecule has 126 valence electrons. The smallest absolute Gasteiger partial charge is 0.420 e. The maximum absolute atomic E-state index is 12.6. The summed E-state index contributed by atoms with van der Waals surface area (Å²) in [4.78, 5) is 39.3. The number of benzene rings is 1. The molecule has 2 amide bonds. The van der Waals surface area contributed by atoms with Gasteiger partial charge in [-0.15, -0.1) is 0 Å². The zero-order valence-electron chi connectivity index (χ0n) is 13.2. The summed E-state index contributed by atoms with van der Waals surface area (Å²) >= 11 is 0. The lowest BCUT2D eigenvalue weighted by molar-refractivity contribution is -0.131. The van der Waals surface area contributed by atoms with E-state index in [0.717, 1.165) is 0 Å². The van der Waals surface area contributed by atoms with Crippen LogP contribution in [0.25, 0.3) is 11.1 Å². The second-order valence-corrected chi connectivity index (χ2v) is 6.39. The van der Waals surface area contributed by atoms with Crippen LogP contribution < -0.4 is 5.76 Å². The molecule has 1 atom stereocenters. The van der Waals surface area contributed by atoms with Gasteiger partial charge in [0.05, 0.1) is 18.6 Å². The Bertz CT molecular complexity index is 885. The number of hydrogen-bond acceptors (Lipinski definition) is 5. The van der Waals surface area contributed by atoms with E-state index in [0.29, 0.717) is 37.2 Å². The molecule has 3 heterocycles. The van der Waals surface area contributed by atoms with Gasteiger partial charge in [-0.2, -0.15) is 0 Å². The molecule has 24 heavy (non-hydrogen) atoms. The predicted octanol–water partition coefficient (Wildman–Crippen LogP) is 0.648. The van der Waals surface area contributed by atoms with Crippen LogP contribution in [0.5, 0.6) is 0 Å². The summed E-state index contributed by atoms with van der Waals surface area (Å²) in [5.74, 6) is -0.739. The maximum atomic E-state index is 12.6. The minimum atomic E-state index is -0.620. The van der Waals surface area contributed by atoms with E-state index in [1.807, 2.05) is 0 Å². The lowest BCUT2D eigenvalue weighted by Gasteiger charge is -2.21. The Morgan fingerprint density at radius 2 is 2.04 bits per heavy atom. The van der Waals surface area contributed by atoms with Crippen LogP contribution in [0.2, 0.25) is 0 Å². The number of hydrogen-bond donors (Lipinski definition) is 0. The van der Waals surface area contributed by atoms with Crippen LogP contribution in [0.3, 0.4) is 0 Å². The highest BCUT2D eigenvalue weighted by molar-refractivity contribution is 5.80. The summed E-state index contributed by atoms with van der Waals surface area (Å²) in [6.07, 6.45) is 0.247. The SMILES string of the molecule is CN1C[C@@]2(CCN(C(=O)Cn3c(=O)oc4ccccc43)C2)OC1=O. The number of amides is 2. The Morgan fingerprint density at radius 3 is 2.79 bits per heavy atom. The number of likely N-dealkylation sites (tertiary alicyclic amines) is 1. The fourth-order valence-corrected chi connectivity index (χ4v) is 3.46. The van der Waals surface area contributed by atoms with Crippen molar-refractivity contribution in [2.24, 2.45) is 0 Å². The van der Waals surface area contributed by atoms with Crippen molar-refractivity contribution < 1.29 is 18.7 Å². The maximum Gasteiger partial charge on any atom is 0.420 e. The van der Waals surface area contributed by atoms with Gasteiger partial charge < -0.3 is 19.0 Å². The fraction of sp³-hybridized carbons (Fsp3) is 0.438. The zero-order valence-corrected chi connectivity index (χ0v) is 13.2. The summed E-state index contributed by atoms with van der Waals surface area (Å²) in [7, 11) is 1.68. The second-order valence-electron chi connectivity index (χ2n) is 6.39. The van der Waals surface area contributed by atoms with Gasteiger partial charge in [-0.1, -0.05) is 12.1 Å². The first-order valence-corrected chi connectivity index (χ1v) is 7.78. The number of likely N-dealkylation sites (N-methyl/N-ethyl adjacent to an activating group) is 1. The Balaban J connectivity index is 1.52. The van der Waals surface area contributed by atoms with E-state index < -0.39 is 11.4 Å². The highest BCUT2D eigenvalue weighted by Crippen LogP contribution is 2.31. The summed E-state index contributed by atoms with van der Waals surface area (Å²) in [6.45, 7) is 1.25. The van der Waals surface area contributed by atoms with Crippen LogP contribution in [-0.2, 0) is 16.1 Å². The topological polar surface area (TPSA) is 85.0 Å². The molecule has 1 aromatic heterocycles. The standard InChI is InChI=1S/C16H17N3O5/c1-17-9-16(24-14(17)21)6-7-18(10-16)13(20)8-19-11-4-2-3-5-12(11)23-15(19)22/h2-5H,6-10H2,1H3/t16-/m1/s1. The largest absolute Gasteiger partial charge is 0.439 e. The third-order valence-electron chi connectivity index (χ3n) is 4.68. The van der Waals surface area contributed by atoms with Crippen LogP contribution in [0.1, 0.15) is 6.42 Å². The van der Waals surface area contributed by atoms with Gasteiger partial charge in [-0.3, -0.25) is 9.36 Å². The first-order chi connectivity index (χ1) is 11.5. The number of oxazole rings is 1. The summed E-state index contributed by atoms with van der Waals surface area (Å²) in [5.41, 5.74) is 0.432. The first-order valence-electron chi connectivity index (χ1n) is 7.78. The molecule has 0 N–H and O–H groups in total. The lowest BCUT2D eigenvalue weighted by Crippen LogP contribution is -2.40. The summed E-state index contributed by atoms with van der Waals surface area (Å²) in [6, 6.07) is 6.99. The van der Waals surface area contributed by atoms with Crippen molar-refractivity contribution in [1.82, 2.24) is 14.4 Å². The highest BCUT2D eigenvalue weighted by atomic mass is 16.6. The predicted molar refractivity (Wildman–Crippen MR) is 83.5 cm³/mol. The molecule has 2 aliphatic heterocycles. The van der Waals surface area contributed by atoms with Crippen molar-refractivity contribution in [3.05, 3.63) is 34.8 Å². The number of carbonyl (C=O) groups is 2. The molecule has 2 saturated heterocycles. The van der Waals surface area contributed by atoms with Crippen LogP contribution in [0.4, 0.5) is 4.79 Å². The average Bonchev–Trinajstić information content (AvgIpc) is 3.18. The van der Waals surface area contributed by atoms with Gasteiger partial charge >= 0.3 is 11.8 Å². The summed E-state index contributed by atoms with van der Waals surface area (Å²) < 4.78 is 11.9. The number of para-hydroxylation sites is 2. The quantitative estimate of drug-likeness (QED) is 0.806. The zero-order chi connectivity index (χ0) is 16.9. The van der Waals surface area contributed by atoms with E-state index in [-0.39, 0.29) is 18.5 Å². The molecule has 2 aromatic rings. The lowest BCUT2D eigenvalue weighted by atomic mass is 10.0. The van der Waals surface area contributed by atoms with Gasteiger partial charge in [0.15, 0.2) is 11.2 Å². The average molecular weight is 331 g/mol. The van der Waals surface area contributed by atoms with Gasteiger partial charge in [-0.25, -0.2) is 9.59 Å². The Hall–Kier alpha value is -2.77. The number of aromatic nitrogens is 1. The number of rotatable bonds is 2. The Morgan fingerprint density at radius 1 is 1.25 bits per heavy atom. The molecule has 0 unspecified atom stereocenters. The Kier molecular flexibility index (Phi) is 3.16. The molecule has 1 spiro atoms. The molecule has 0 aliphatic carbocycles. The third-order valence-corrected chi connectivity index (χ3v) is 4.68. The summed E-state index contributed by atoms with van der Waals surface area (Å²) in [5, 5.41) is 0. The third kappa shape index (κ3) is 2.26. The second kappa shape index (κ2) is 5.12. The molecule has 2 aliphatic rings. The van der Waals surface area contributed by atoms with Crippen LogP contribution in [0, 0.1) is 0 Å². The van der Waals surface area contributed by atoms with Gasteiger partial charge in [0.25, 0.3) is 0 Å². The van der Waals surface area contributed by atoms with E-state index in [4.69, 9.17) is 9.15 Å². The van der Waals surface area contributed by atoms with E-state index in [9.17, 15) is 14.4 Å². The van der Waals surface area contributed by atoms with Crippen molar-refractivity contribution in [3.63, 3.8) is 0 Å². The van der Waals surface area contributed by atoms with Crippen LogP contribution in [0.15, 0.2) is 33.5 Å². The normalized spacial score (nSPS) is 23.5. The minimum Gasteiger partial charge on any atom is -0.439 e. The molecule has 0 saturated carbocycles. The molecule has 2 fully saturated rings. The van der Waals surface area contributed by atoms with Crippen molar-refractivity contribution in [2.75, 3.05) is 26.7 Å². The monoisotopic (exact) mass is 331 g/mol. The molecule has 8 nitrogen and oxygen atoms in total. The molecule has 0 radical (unpaired) electrons. The Labute approximate surface area is 137 Å². The van der Waals surface area contributed by atoms with Crippen molar-refractivity contribution >= 4 is 23.1 Å². The van der Waals surface area contributed by atoms with Crippen molar-refractivity contribution in [3.8, 4) is 0 Å². The van der Waals surface area contributed by atoms with Crippen LogP contribution >= 0.6 is 0 Å². The van der Waals surface area contributed by atoms with Crippen molar-refractivity contribution in [2.45, 2.75) is 18.6 Å².